The first kappa shape index (κ1) is 12.5. The van der Waals surface area contributed by atoms with Gasteiger partial charge in [0, 0.05) is 16.0 Å². The molecule has 2 N–H and O–H groups in total. The average molecular weight is 280 g/mol. The quantitative estimate of drug-likeness (QED) is 0.908. The fraction of sp³-hybridized carbons (Fsp3) is 0.357. The Morgan fingerprint density at radius 1 is 1.53 bits per heavy atom. The van der Waals surface area contributed by atoms with Gasteiger partial charge in [-0.3, -0.25) is 4.79 Å². The van der Waals surface area contributed by atoms with Crippen molar-refractivity contribution in [1.82, 2.24) is 5.32 Å². The van der Waals surface area contributed by atoms with E-state index < -0.39 is 5.54 Å². The Balaban J connectivity index is 1.96. The third-order valence-corrected chi connectivity index (χ3v) is 3.87. The Bertz CT molecular complexity index is 658. The summed E-state index contributed by atoms with van der Waals surface area (Å²) in [6.45, 7) is 1.79. The molecule has 1 heterocycles. The third kappa shape index (κ3) is 2.11. The molecular weight excluding hydrogens is 266 g/mol. The molecule has 1 amide bonds. The van der Waals surface area contributed by atoms with Gasteiger partial charge < -0.3 is 14.8 Å². The van der Waals surface area contributed by atoms with Gasteiger partial charge in [-0.25, -0.2) is 0 Å². The van der Waals surface area contributed by atoms with Crippen LogP contribution in [-0.4, -0.2) is 23.2 Å². The lowest BCUT2D eigenvalue weighted by Crippen LogP contribution is -2.39. The van der Waals surface area contributed by atoms with Crippen molar-refractivity contribution < 1.29 is 14.3 Å². The summed E-state index contributed by atoms with van der Waals surface area (Å²) in [6, 6.07) is 5.26. The molecule has 1 fully saturated rings. The van der Waals surface area contributed by atoms with E-state index in [1.807, 2.05) is 6.92 Å². The highest BCUT2D eigenvalue weighted by atomic mass is 35.5. The molecule has 3 rings (SSSR count). The number of aryl methyl sites for hydroxylation is 1. The van der Waals surface area contributed by atoms with Gasteiger partial charge in [0.15, 0.2) is 5.76 Å². The molecule has 0 atom stereocenters. The molecule has 100 valence electrons. The lowest BCUT2D eigenvalue weighted by Gasteiger charge is -2.12. The summed E-state index contributed by atoms with van der Waals surface area (Å²) in [4.78, 5) is 12.2. The molecule has 0 radical (unpaired) electrons. The third-order valence-electron chi connectivity index (χ3n) is 3.64. The van der Waals surface area contributed by atoms with E-state index >= 15 is 0 Å². The first-order valence-electron chi connectivity index (χ1n) is 6.17. The first-order valence-corrected chi connectivity index (χ1v) is 6.54. The molecule has 1 aliphatic carbocycles. The van der Waals surface area contributed by atoms with Crippen LogP contribution in [-0.2, 0) is 0 Å². The summed E-state index contributed by atoms with van der Waals surface area (Å²) in [7, 11) is 0. The standard InChI is InChI=1S/C14H14ClNO3/c1-8-10-6-9(15)2-3-11(10)19-12(8)13(18)16-14(7-17)4-5-14/h2-3,6,17H,4-5,7H2,1H3,(H,16,18). The second-order valence-corrected chi connectivity index (χ2v) is 5.53. The number of rotatable bonds is 3. The van der Waals surface area contributed by atoms with Crippen LogP contribution < -0.4 is 5.32 Å². The topological polar surface area (TPSA) is 62.5 Å². The molecule has 1 saturated carbocycles. The minimum Gasteiger partial charge on any atom is -0.451 e. The van der Waals surface area contributed by atoms with E-state index in [9.17, 15) is 9.90 Å². The Labute approximate surface area is 115 Å². The van der Waals surface area contributed by atoms with E-state index in [2.05, 4.69) is 5.32 Å². The van der Waals surface area contributed by atoms with Crippen LogP contribution in [0.3, 0.4) is 0 Å². The second-order valence-electron chi connectivity index (χ2n) is 5.09. The Morgan fingerprint density at radius 3 is 2.89 bits per heavy atom. The van der Waals surface area contributed by atoms with E-state index in [4.69, 9.17) is 16.0 Å². The van der Waals surface area contributed by atoms with Crippen LogP contribution in [0.2, 0.25) is 5.02 Å². The Kier molecular flexibility index (Phi) is 2.80. The largest absolute Gasteiger partial charge is 0.451 e. The van der Waals surface area contributed by atoms with Gasteiger partial charge in [-0.2, -0.15) is 0 Å². The number of amides is 1. The van der Waals surface area contributed by atoms with Crippen LogP contribution in [0.4, 0.5) is 0 Å². The Morgan fingerprint density at radius 2 is 2.26 bits per heavy atom. The molecule has 0 aliphatic heterocycles. The van der Waals surface area contributed by atoms with E-state index in [-0.39, 0.29) is 18.3 Å². The highest BCUT2D eigenvalue weighted by Gasteiger charge is 2.44. The van der Waals surface area contributed by atoms with Crippen LogP contribution in [0, 0.1) is 6.92 Å². The summed E-state index contributed by atoms with van der Waals surface area (Å²) in [5.74, 6) is 0.00774. The first-order chi connectivity index (χ1) is 9.04. The lowest BCUT2D eigenvalue weighted by molar-refractivity contribution is 0.0880. The maximum absolute atomic E-state index is 12.2. The molecule has 0 saturated heterocycles. The van der Waals surface area contributed by atoms with Gasteiger partial charge in [0.25, 0.3) is 5.91 Å². The SMILES string of the molecule is Cc1c(C(=O)NC2(CO)CC2)oc2ccc(Cl)cc12. The fourth-order valence-electron chi connectivity index (χ4n) is 2.18. The van der Waals surface area contributed by atoms with Crippen molar-refractivity contribution in [3.63, 3.8) is 0 Å². The molecular formula is C14H14ClNO3. The zero-order valence-corrected chi connectivity index (χ0v) is 11.3. The van der Waals surface area contributed by atoms with Crippen molar-refractivity contribution in [2.45, 2.75) is 25.3 Å². The predicted molar refractivity (Wildman–Crippen MR) is 72.5 cm³/mol. The zero-order valence-electron chi connectivity index (χ0n) is 10.5. The zero-order chi connectivity index (χ0) is 13.6. The predicted octanol–water partition coefficient (Wildman–Crippen LogP) is 2.65. The molecule has 19 heavy (non-hydrogen) atoms. The average Bonchev–Trinajstić information content (AvgIpc) is 3.09. The number of nitrogens with one attached hydrogen (secondary N) is 1. The maximum atomic E-state index is 12.2. The normalized spacial score (nSPS) is 16.6. The summed E-state index contributed by atoms with van der Waals surface area (Å²) < 4.78 is 5.58. The number of carbonyl (C=O) groups is 1. The number of aliphatic hydroxyl groups is 1. The van der Waals surface area contributed by atoms with Gasteiger partial charge in [-0.05, 0) is 38.0 Å². The molecule has 1 aromatic heterocycles. The van der Waals surface area contributed by atoms with Crippen molar-refractivity contribution >= 4 is 28.5 Å². The molecule has 0 bridgehead atoms. The molecule has 2 aromatic rings. The highest BCUT2D eigenvalue weighted by molar-refractivity contribution is 6.31. The van der Waals surface area contributed by atoms with Crippen molar-refractivity contribution in [2.75, 3.05) is 6.61 Å². The van der Waals surface area contributed by atoms with E-state index in [1.165, 1.54) is 0 Å². The number of furan rings is 1. The smallest absolute Gasteiger partial charge is 0.287 e. The van der Waals surface area contributed by atoms with Crippen molar-refractivity contribution in [3.8, 4) is 0 Å². The molecule has 1 aromatic carbocycles. The monoisotopic (exact) mass is 279 g/mol. The van der Waals surface area contributed by atoms with Crippen LogP contribution in [0.1, 0.15) is 29.0 Å². The van der Waals surface area contributed by atoms with Gasteiger partial charge in [0.05, 0.1) is 12.1 Å². The van der Waals surface area contributed by atoms with Gasteiger partial charge in [0.1, 0.15) is 5.58 Å². The number of aliphatic hydroxyl groups excluding tert-OH is 1. The summed E-state index contributed by atoms with van der Waals surface area (Å²) in [6.07, 6.45) is 1.61. The summed E-state index contributed by atoms with van der Waals surface area (Å²) in [5, 5.41) is 13.5. The molecule has 4 nitrogen and oxygen atoms in total. The van der Waals surface area contributed by atoms with E-state index in [0.717, 1.165) is 23.8 Å². The maximum Gasteiger partial charge on any atom is 0.287 e. The number of hydrogen-bond donors (Lipinski definition) is 2. The van der Waals surface area contributed by atoms with Crippen molar-refractivity contribution in [1.29, 1.82) is 0 Å². The lowest BCUT2D eigenvalue weighted by atomic mass is 10.1. The van der Waals surface area contributed by atoms with Crippen molar-refractivity contribution in [2.24, 2.45) is 0 Å². The van der Waals surface area contributed by atoms with Gasteiger partial charge in [-0.15, -0.1) is 0 Å². The number of hydrogen-bond acceptors (Lipinski definition) is 3. The van der Waals surface area contributed by atoms with E-state index in [1.54, 1.807) is 18.2 Å². The summed E-state index contributed by atoms with van der Waals surface area (Å²) in [5.41, 5.74) is 0.963. The number of carbonyl (C=O) groups excluding carboxylic acids is 1. The molecule has 0 unspecified atom stereocenters. The Hall–Kier alpha value is -1.52. The summed E-state index contributed by atoms with van der Waals surface area (Å²) >= 11 is 5.94. The van der Waals surface area contributed by atoms with Gasteiger partial charge in [0.2, 0.25) is 0 Å². The number of halogens is 1. The van der Waals surface area contributed by atoms with E-state index in [0.29, 0.717) is 10.6 Å². The van der Waals surface area contributed by atoms with Gasteiger partial charge in [-0.1, -0.05) is 11.6 Å². The molecule has 1 aliphatic rings. The molecule has 5 heteroatoms. The van der Waals surface area contributed by atoms with Crippen LogP contribution in [0.15, 0.2) is 22.6 Å². The molecule has 0 spiro atoms. The van der Waals surface area contributed by atoms with Crippen LogP contribution in [0.25, 0.3) is 11.0 Å². The number of benzene rings is 1. The second kappa shape index (κ2) is 4.25. The van der Waals surface area contributed by atoms with Crippen LogP contribution >= 0.6 is 11.6 Å². The minimum absolute atomic E-state index is 0.0379. The van der Waals surface area contributed by atoms with Crippen molar-refractivity contribution in [3.05, 3.63) is 34.5 Å². The fourth-order valence-corrected chi connectivity index (χ4v) is 2.35. The number of fused-ring (bicyclic) bond motifs is 1. The highest BCUT2D eigenvalue weighted by Crippen LogP contribution is 2.35. The van der Waals surface area contributed by atoms with Gasteiger partial charge >= 0.3 is 0 Å². The minimum atomic E-state index is -0.444. The van der Waals surface area contributed by atoms with Crippen LogP contribution in [0.5, 0.6) is 0 Å².